The minimum Gasteiger partial charge on any atom is -0.395 e. The summed E-state index contributed by atoms with van der Waals surface area (Å²) in [6.45, 7) is 4.64. The van der Waals surface area contributed by atoms with Gasteiger partial charge in [0.2, 0.25) is 5.91 Å². The van der Waals surface area contributed by atoms with Crippen LogP contribution < -0.4 is 4.90 Å². The predicted octanol–water partition coefficient (Wildman–Crippen LogP) is 1.88. The summed E-state index contributed by atoms with van der Waals surface area (Å²) in [6.07, 6.45) is 9.06. The number of benzene rings is 1. The first-order valence-electron chi connectivity index (χ1n) is 10.5. The van der Waals surface area contributed by atoms with E-state index in [9.17, 15) is 9.90 Å². The molecule has 1 amide bonds. The number of aliphatic hydroxyl groups is 1. The molecule has 4 nitrogen and oxygen atoms in total. The highest BCUT2D eigenvalue weighted by molar-refractivity contribution is 5.79. The monoisotopic (exact) mass is 359 g/mol. The molecule has 0 aromatic heterocycles. The van der Waals surface area contributed by atoms with Gasteiger partial charge in [-0.15, -0.1) is 0 Å². The van der Waals surface area contributed by atoms with Gasteiger partial charge in [0, 0.05) is 37.8 Å². The summed E-state index contributed by atoms with van der Waals surface area (Å²) in [5.41, 5.74) is 1.13. The van der Waals surface area contributed by atoms with E-state index in [0.29, 0.717) is 13.1 Å². The van der Waals surface area contributed by atoms with Crippen LogP contribution in [0.4, 0.5) is 0 Å². The molecule has 4 heteroatoms. The Labute approximate surface area is 158 Å². The zero-order chi connectivity index (χ0) is 18.2. The lowest BCUT2D eigenvalue weighted by atomic mass is 9.87. The van der Waals surface area contributed by atoms with Gasteiger partial charge < -0.3 is 14.9 Å². The zero-order valence-electron chi connectivity index (χ0n) is 16.0. The van der Waals surface area contributed by atoms with E-state index in [1.807, 2.05) is 23.1 Å². The number of carbonyl (C=O) groups excluding carboxylic acids is 1. The molecule has 1 aromatic carbocycles. The van der Waals surface area contributed by atoms with E-state index in [1.54, 1.807) is 4.90 Å². The third kappa shape index (κ3) is 5.55. The highest BCUT2D eigenvalue weighted by atomic mass is 16.3. The molecule has 1 aliphatic heterocycles. The molecule has 2 aliphatic rings. The molecule has 26 heavy (non-hydrogen) atoms. The van der Waals surface area contributed by atoms with Crippen LogP contribution in [0.3, 0.4) is 0 Å². The second kappa shape index (κ2) is 10.1. The quantitative estimate of drug-likeness (QED) is 0.781. The van der Waals surface area contributed by atoms with Crippen LogP contribution in [0.2, 0.25) is 0 Å². The van der Waals surface area contributed by atoms with E-state index in [0.717, 1.165) is 37.4 Å². The number of amides is 1. The number of nitrogens with zero attached hydrogens (tertiary/aromatic N) is 1. The molecule has 0 spiro atoms. The van der Waals surface area contributed by atoms with Crippen LogP contribution in [0.25, 0.3) is 0 Å². The Morgan fingerprint density at radius 2 is 1.73 bits per heavy atom. The van der Waals surface area contributed by atoms with Crippen molar-refractivity contribution in [2.24, 2.45) is 11.8 Å². The van der Waals surface area contributed by atoms with Gasteiger partial charge in [-0.05, 0) is 18.4 Å². The van der Waals surface area contributed by atoms with Gasteiger partial charge in [-0.2, -0.15) is 0 Å². The number of hydrogen-bond acceptors (Lipinski definition) is 2. The number of aliphatic hydroxyl groups excluding tert-OH is 1. The molecule has 1 aromatic rings. The lowest BCUT2D eigenvalue weighted by Gasteiger charge is -2.34. The first-order valence-corrected chi connectivity index (χ1v) is 10.5. The van der Waals surface area contributed by atoms with Crippen LogP contribution in [0, 0.1) is 11.8 Å². The van der Waals surface area contributed by atoms with Crippen LogP contribution in [0.1, 0.15) is 50.5 Å². The summed E-state index contributed by atoms with van der Waals surface area (Å²) in [4.78, 5) is 16.6. The second-order valence-corrected chi connectivity index (χ2v) is 8.20. The molecule has 1 saturated heterocycles. The average molecular weight is 360 g/mol. The Balaban J connectivity index is 1.49. The maximum Gasteiger partial charge on any atom is 0.226 e. The van der Waals surface area contributed by atoms with E-state index < -0.39 is 0 Å². The molecular weight excluding hydrogens is 324 g/mol. The maximum absolute atomic E-state index is 13.0. The standard InChI is InChI=1S/C22H34N2O2/c25-16-15-24(18-20-9-5-2-6-10-20)22(26)21-11-13-23(14-12-21)17-19-7-3-1-4-8-19/h2,5-6,9-10,19,21,25H,1,3-4,7-8,11-18H2/p+1. The molecule has 2 fully saturated rings. The van der Waals surface area contributed by atoms with Crippen LogP contribution in [0.5, 0.6) is 0 Å². The number of likely N-dealkylation sites (tertiary alicyclic amines) is 1. The molecule has 0 atom stereocenters. The molecule has 0 unspecified atom stereocenters. The third-order valence-electron chi connectivity index (χ3n) is 6.24. The number of rotatable bonds is 7. The lowest BCUT2D eigenvalue weighted by molar-refractivity contribution is -0.909. The molecular formula is C22H35N2O2+. The Kier molecular flexibility index (Phi) is 7.51. The number of piperidine rings is 1. The molecule has 0 bridgehead atoms. The first-order chi connectivity index (χ1) is 12.8. The van der Waals surface area contributed by atoms with Gasteiger partial charge in [-0.3, -0.25) is 4.79 Å². The summed E-state index contributed by atoms with van der Waals surface area (Å²) < 4.78 is 0. The number of nitrogens with one attached hydrogen (secondary N) is 1. The zero-order valence-corrected chi connectivity index (χ0v) is 16.0. The van der Waals surface area contributed by atoms with Crippen molar-refractivity contribution in [1.82, 2.24) is 4.90 Å². The first kappa shape index (κ1) is 19.4. The summed E-state index contributed by atoms with van der Waals surface area (Å²) in [6, 6.07) is 10.1. The Hall–Kier alpha value is -1.39. The molecule has 1 heterocycles. The smallest absolute Gasteiger partial charge is 0.226 e. The minimum absolute atomic E-state index is 0.0321. The van der Waals surface area contributed by atoms with Crippen molar-refractivity contribution in [2.75, 3.05) is 32.8 Å². The molecule has 1 saturated carbocycles. The van der Waals surface area contributed by atoms with Crippen molar-refractivity contribution in [1.29, 1.82) is 0 Å². The summed E-state index contributed by atoms with van der Waals surface area (Å²) >= 11 is 0. The number of carbonyl (C=O) groups is 1. The number of quaternary nitrogens is 1. The van der Waals surface area contributed by atoms with Crippen molar-refractivity contribution < 1.29 is 14.8 Å². The number of hydrogen-bond donors (Lipinski definition) is 2. The minimum atomic E-state index is 0.0321. The SMILES string of the molecule is O=C(C1CC[NH+](CC2CCCCC2)CC1)N(CCO)Cc1ccccc1. The van der Waals surface area contributed by atoms with E-state index in [2.05, 4.69) is 12.1 Å². The van der Waals surface area contributed by atoms with Gasteiger partial charge >= 0.3 is 0 Å². The Bertz CT molecular complexity index is 534. The van der Waals surface area contributed by atoms with Gasteiger partial charge in [0.25, 0.3) is 0 Å². The van der Waals surface area contributed by atoms with Gasteiger partial charge in [0.1, 0.15) is 0 Å². The van der Waals surface area contributed by atoms with Crippen molar-refractivity contribution in [3.8, 4) is 0 Å². The van der Waals surface area contributed by atoms with Gasteiger partial charge in [-0.25, -0.2) is 0 Å². The normalized spacial score (nSPS) is 24.3. The fourth-order valence-electron chi connectivity index (χ4n) is 4.73. The molecule has 144 valence electrons. The van der Waals surface area contributed by atoms with Gasteiger partial charge in [-0.1, -0.05) is 49.6 Å². The molecule has 2 N–H and O–H groups in total. The van der Waals surface area contributed by atoms with E-state index in [4.69, 9.17) is 0 Å². The largest absolute Gasteiger partial charge is 0.395 e. The summed E-state index contributed by atoms with van der Waals surface area (Å²) in [5.74, 6) is 1.29. The fraction of sp³-hybridized carbons (Fsp3) is 0.682. The van der Waals surface area contributed by atoms with Gasteiger partial charge in [0.05, 0.1) is 26.2 Å². The van der Waals surface area contributed by atoms with Crippen LogP contribution in [-0.2, 0) is 11.3 Å². The van der Waals surface area contributed by atoms with Crippen molar-refractivity contribution >= 4 is 5.91 Å². The third-order valence-corrected chi connectivity index (χ3v) is 6.24. The van der Waals surface area contributed by atoms with E-state index >= 15 is 0 Å². The molecule has 3 rings (SSSR count). The average Bonchev–Trinajstić information content (AvgIpc) is 2.69. The second-order valence-electron chi connectivity index (χ2n) is 8.20. The van der Waals surface area contributed by atoms with E-state index in [-0.39, 0.29) is 18.4 Å². The van der Waals surface area contributed by atoms with E-state index in [1.165, 1.54) is 38.6 Å². The van der Waals surface area contributed by atoms with Crippen molar-refractivity contribution in [2.45, 2.75) is 51.5 Å². The topological polar surface area (TPSA) is 45.0 Å². The van der Waals surface area contributed by atoms with Crippen LogP contribution >= 0.6 is 0 Å². The van der Waals surface area contributed by atoms with Crippen molar-refractivity contribution in [3.63, 3.8) is 0 Å². The Morgan fingerprint density at radius 3 is 2.38 bits per heavy atom. The predicted molar refractivity (Wildman–Crippen MR) is 104 cm³/mol. The summed E-state index contributed by atoms with van der Waals surface area (Å²) in [5, 5.41) is 9.39. The van der Waals surface area contributed by atoms with Crippen LogP contribution in [-0.4, -0.2) is 48.7 Å². The Morgan fingerprint density at radius 1 is 1.04 bits per heavy atom. The maximum atomic E-state index is 13.0. The molecule has 1 aliphatic carbocycles. The van der Waals surface area contributed by atoms with Crippen LogP contribution in [0.15, 0.2) is 30.3 Å². The summed E-state index contributed by atoms with van der Waals surface area (Å²) in [7, 11) is 0. The highest BCUT2D eigenvalue weighted by Gasteiger charge is 2.31. The fourth-order valence-corrected chi connectivity index (χ4v) is 4.73. The molecule has 0 radical (unpaired) electrons. The van der Waals surface area contributed by atoms with Gasteiger partial charge in [0.15, 0.2) is 0 Å². The van der Waals surface area contributed by atoms with Crippen molar-refractivity contribution in [3.05, 3.63) is 35.9 Å². The highest BCUT2D eigenvalue weighted by Crippen LogP contribution is 2.22. The lowest BCUT2D eigenvalue weighted by Crippen LogP contribution is -3.13.